The summed E-state index contributed by atoms with van der Waals surface area (Å²) in [6.45, 7) is 2.56. The summed E-state index contributed by atoms with van der Waals surface area (Å²) in [6.07, 6.45) is 2.65. The van der Waals surface area contributed by atoms with Crippen LogP contribution in [-0.2, 0) is 10.0 Å². The van der Waals surface area contributed by atoms with Crippen molar-refractivity contribution in [2.45, 2.75) is 18.2 Å². The first-order valence-corrected chi connectivity index (χ1v) is 7.35. The molecule has 5 nitrogen and oxygen atoms in total. The highest BCUT2D eigenvalue weighted by Gasteiger charge is 2.29. The maximum atomic E-state index is 12.5. The molecule has 0 bridgehead atoms. The summed E-state index contributed by atoms with van der Waals surface area (Å²) in [5.74, 6) is -1.23. The Morgan fingerprint density at radius 3 is 2.63 bits per heavy atom. The van der Waals surface area contributed by atoms with Gasteiger partial charge in [0, 0.05) is 13.1 Å². The van der Waals surface area contributed by atoms with Gasteiger partial charge in [-0.3, -0.25) is 0 Å². The second kappa shape index (κ2) is 5.14. The minimum Gasteiger partial charge on any atom is -0.478 e. The highest BCUT2D eigenvalue weighted by Crippen LogP contribution is 2.23. The normalized spacial score (nSPS) is 17.0. The molecule has 1 aromatic rings. The average Bonchev–Trinajstić information content (AvgIpc) is 2.38. The molecule has 102 valence electrons. The quantitative estimate of drug-likeness (QED) is 0.856. The number of hydrogen-bond donors (Lipinski definition) is 1. The van der Waals surface area contributed by atoms with E-state index in [0.29, 0.717) is 19.5 Å². The molecule has 0 amide bonds. The highest BCUT2D eigenvalue weighted by atomic mass is 32.2. The van der Waals surface area contributed by atoms with Crippen LogP contribution in [0.4, 0.5) is 0 Å². The van der Waals surface area contributed by atoms with Gasteiger partial charge in [0.25, 0.3) is 0 Å². The van der Waals surface area contributed by atoms with Crippen LogP contribution in [0.5, 0.6) is 0 Å². The van der Waals surface area contributed by atoms with Crippen LogP contribution >= 0.6 is 0 Å². The zero-order valence-corrected chi connectivity index (χ0v) is 11.4. The fourth-order valence-electron chi connectivity index (χ4n) is 2.09. The summed E-state index contributed by atoms with van der Waals surface area (Å²) in [7, 11) is -3.76. The Morgan fingerprint density at radius 2 is 2.00 bits per heavy atom. The van der Waals surface area contributed by atoms with Crippen LogP contribution in [0.15, 0.2) is 40.8 Å². The number of carbonyl (C=O) groups is 1. The number of carboxylic acid groups (broad SMARTS) is 1. The lowest BCUT2D eigenvalue weighted by atomic mass is 10.2. The minimum absolute atomic E-state index is 0.141. The van der Waals surface area contributed by atoms with Crippen LogP contribution in [0.1, 0.15) is 23.7 Å². The number of aromatic carboxylic acids is 1. The lowest BCUT2D eigenvalue weighted by Gasteiger charge is -2.25. The Hall–Kier alpha value is -1.66. The maximum Gasteiger partial charge on any atom is 0.337 e. The van der Waals surface area contributed by atoms with E-state index in [4.69, 9.17) is 5.11 Å². The summed E-state index contributed by atoms with van der Waals surface area (Å²) in [6, 6.07) is 5.70. The van der Waals surface area contributed by atoms with Crippen LogP contribution in [0.25, 0.3) is 0 Å². The first kappa shape index (κ1) is 13.8. The Balaban J connectivity index is 2.46. The van der Waals surface area contributed by atoms with Gasteiger partial charge in [-0.1, -0.05) is 23.8 Å². The first-order valence-electron chi connectivity index (χ1n) is 5.91. The Kier molecular flexibility index (Phi) is 3.73. The summed E-state index contributed by atoms with van der Waals surface area (Å²) < 4.78 is 26.3. The summed E-state index contributed by atoms with van der Waals surface area (Å²) in [5, 5.41) is 9.08. The molecular weight excluding hydrogens is 266 g/mol. The molecule has 0 spiro atoms. The van der Waals surface area contributed by atoms with Crippen molar-refractivity contribution in [3.05, 3.63) is 41.5 Å². The molecule has 1 aromatic carbocycles. The average molecular weight is 281 g/mol. The van der Waals surface area contributed by atoms with Crippen molar-refractivity contribution < 1.29 is 18.3 Å². The number of benzene rings is 1. The molecule has 1 N–H and O–H groups in total. The van der Waals surface area contributed by atoms with E-state index >= 15 is 0 Å². The lowest BCUT2D eigenvalue weighted by molar-refractivity contribution is 0.0692. The second-order valence-corrected chi connectivity index (χ2v) is 6.39. The van der Waals surface area contributed by atoms with E-state index in [2.05, 4.69) is 0 Å². The molecule has 1 aliphatic heterocycles. The molecule has 0 aromatic heterocycles. The van der Waals surface area contributed by atoms with E-state index in [0.717, 1.165) is 5.57 Å². The predicted octanol–water partition coefficient (Wildman–Crippen LogP) is 1.73. The first-order chi connectivity index (χ1) is 8.93. The molecular formula is C13H15NO4S. The van der Waals surface area contributed by atoms with Gasteiger partial charge in [0.2, 0.25) is 10.0 Å². The van der Waals surface area contributed by atoms with Crippen molar-refractivity contribution >= 4 is 16.0 Å². The third-order valence-electron chi connectivity index (χ3n) is 3.03. The van der Waals surface area contributed by atoms with Gasteiger partial charge in [-0.05, 0) is 25.5 Å². The van der Waals surface area contributed by atoms with Crippen molar-refractivity contribution in [1.82, 2.24) is 4.31 Å². The van der Waals surface area contributed by atoms with Crippen LogP contribution in [0, 0.1) is 0 Å². The van der Waals surface area contributed by atoms with E-state index in [1.165, 1.54) is 28.6 Å². The fraction of sp³-hybridized carbons (Fsp3) is 0.308. The number of nitrogens with zero attached hydrogens (tertiary/aromatic N) is 1. The molecule has 2 rings (SSSR count). The zero-order valence-electron chi connectivity index (χ0n) is 10.5. The van der Waals surface area contributed by atoms with Crippen LogP contribution in [-0.4, -0.2) is 36.9 Å². The molecule has 0 radical (unpaired) electrons. The SMILES string of the molecule is CC1=CCCN(S(=O)(=O)c2ccccc2C(=O)O)C1. The standard InChI is InChI=1S/C13H15NO4S/c1-10-5-4-8-14(9-10)19(17,18)12-7-3-2-6-11(12)13(15)16/h2-3,5-7H,4,8-9H2,1H3,(H,15,16). The van der Waals surface area contributed by atoms with E-state index < -0.39 is 16.0 Å². The van der Waals surface area contributed by atoms with Crippen LogP contribution in [0.2, 0.25) is 0 Å². The number of rotatable bonds is 3. The Morgan fingerprint density at radius 1 is 1.32 bits per heavy atom. The van der Waals surface area contributed by atoms with Gasteiger partial charge in [-0.2, -0.15) is 4.31 Å². The smallest absolute Gasteiger partial charge is 0.337 e. The predicted molar refractivity (Wildman–Crippen MR) is 70.5 cm³/mol. The second-order valence-electron chi connectivity index (χ2n) is 4.48. The molecule has 0 fully saturated rings. The van der Waals surface area contributed by atoms with Crippen LogP contribution < -0.4 is 0 Å². The molecule has 1 heterocycles. The number of carboxylic acids is 1. The van der Waals surface area contributed by atoms with Crippen LogP contribution in [0.3, 0.4) is 0 Å². The van der Waals surface area contributed by atoms with Gasteiger partial charge in [-0.25, -0.2) is 13.2 Å². The Labute approximate surface area is 112 Å². The topological polar surface area (TPSA) is 74.7 Å². The van der Waals surface area contributed by atoms with E-state index in [1.54, 1.807) is 0 Å². The number of hydrogen-bond acceptors (Lipinski definition) is 3. The molecule has 0 saturated heterocycles. The van der Waals surface area contributed by atoms with Crippen molar-refractivity contribution in [1.29, 1.82) is 0 Å². The van der Waals surface area contributed by atoms with Gasteiger partial charge in [0.05, 0.1) is 10.5 Å². The van der Waals surface area contributed by atoms with Crippen molar-refractivity contribution in [3.63, 3.8) is 0 Å². The largest absolute Gasteiger partial charge is 0.478 e. The molecule has 1 aliphatic rings. The van der Waals surface area contributed by atoms with E-state index in [-0.39, 0.29) is 10.5 Å². The molecule has 0 unspecified atom stereocenters. The number of sulfonamides is 1. The molecule has 0 saturated carbocycles. The lowest BCUT2D eigenvalue weighted by Crippen LogP contribution is -2.36. The third-order valence-corrected chi connectivity index (χ3v) is 4.94. The van der Waals surface area contributed by atoms with E-state index in [1.807, 2.05) is 13.0 Å². The van der Waals surface area contributed by atoms with Gasteiger partial charge < -0.3 is 5.11 Å². The van der Waals surface area contributed by atoms with Crippen molar-refractivity contribution in [2.75, 3.05) is 13.1 Å². The van der Waals surface area contributed by atoms with Crippen molar-refractivity contribution in [2.24, 2.45) is 0 Å². The summed E-state index contributed by atoms with van der Waals surface area (Å²) in [4.78, 5) is 11.0. The monoisotopic (exact) mass is 281 g/mol. The molecule has 0 aliphatic carbocycles. The maximum absolute atomic E-state index is 12.5. The van der Waals surface area contributed by atoms with Gasteiger partial charge >= 0.3 is 5.97 Å². The van der Waals surface area contributed by atoms with E-state index in [9.17, 15) is 13.2 Å². The van der Waals surface area contributed by atoms with Crippen molar-refractivity contribution in [3.8, 4) is 0 Å². The van der Waals surface area contributed by atoms with Gasteiger partial charge in [0.15, 0.2) is 0 Å². The molecule has 19 heavy (non-hydrogen) atoms. The molecule has 6 heteroatoms. The minimum atomic E-state index is -3.76. The third kappa shape index (κ3) is 2.69. The van der Waals surface area contributed by atoms with Gasteiger partial charge in [-0.15, -0.1) is 0 Å². The van der Waals surface area contributed by atoms with Gasteiger partial charge in [0.1, 0.15) is 0 Å². The highest BCUT2D eigenvalue weighted by molar-refractivity contribution is 7.89. The Bertz CT molecular complexity index is 634. The summed E-state index contributed by atoms with van der Waals surface area (Å²) >= 11 is 0. The molecule has 0 atom stereocenters. The zero-order chi connectivity index (χ0) is 14.0. The summed E-state index contributed by atoms with van der Waals surface area (Å²) in [5.41, 5.74) is 0.789. The fourth-order valence-corrected chi connectivity index (χ4v) is 3.77.